The summed E-state index contributed by atoms with van der Waals surface area (Å²) in [6.45, 7) is 1.60. The standard InChI is InChI=1S/C15H16ClN3O3/c1-9-11(16)3-2-4-12(9)17-13(20)7-19-14(21)8-18(15(19)22)10-5-6-10/h2-4,10H,5-8H2,1H3,(H,17,20). The first kappa shape index (κ1) is 14.8. The van der Waals surface area contributed by atoms with E-state index in [-0.39, 0.29) is 31.1 Å². The van der Waals surface area contributed by atoms with Gasteiger partial charge >= 0.3 is 6.03 Å². The molecule has 0 spiro atoms. The van der Waals surface area contributed by atoms with Crippen molar-refractivity contribution in [2.75, 3.05) is 18.4 Å². The number of hydrogen-bond donors (Lipinski definition) is 1. The Labute approximate surface area is 133 Å². The first-order chi connectivity index (χ1) is 10.5. The maximum Gasteiger partial charge on any atom is 0.327 e. The normalized spacial score (nSPS) is 18.1. The SMILES string of the molecule is Cc1c(Cl)cccc1NC(=O)CN1C(=O)CN(C2CC2)C1=O. The molecule has 0 atom stereocenters. The molecule has 2 fully saturated rings. The molecule has 1 aliphatic heterocycles. The zero-order chi connectivity index (χ0) is 15.9. The van der Waals surface area contributed by atoms with Crippen LogP contribution in [0.1, 0.15) is 18.4 Å². The van der Waals surface area contributed by atoms with Gasteiger partial charge in [-0.2, -0.15) is 0 Å². The Bertz CT molecular complexity index is 657. The molecule has 2 aliphatic rings. The fourth-order valence-corrected chi connectivity index (χ4v) is 2.64. The van der Waals surface area contributed by atoms with Gasteiger partial charge in [-0.25, -0.2) is 4.79 Å². The van der Waals surface area contributed by atoms with Crippen LogP contribution in [0.5, 0.6) is 0 Å². The summed E-state index contributed by atoms with van der Waals surface area (Å²) in [6.07, 6.45) is 1.86. The third kappa shape index (κ3) is 2.78. The van der Waals surface area contributed by atoms with E-state index in [0.717, 1.165) is 23.3 Å². The number of carbonyl (C=O) groups excluding carboxylic acids is 3. The number of amides is 4. The van der Waals surface area contributed by atoms with Gasteiger partial charge in [0.25, 0.3) is 5.91 Å². The molecule has 4 amide bonds. The number of urea groups is 1. The number of halogens is 1. The molecule has 22 heavy (non-hydrogen) atoms. The van der Waals surface area contributed by atoms with Crippen molar-refractivity contribution >= 4 is 35.1 Å². The summed E-state index contributed by atoms with van der Waals surface area (Å²) in [4.78, 5) is 38.7. The van der Waals surface area contributed by atoms with Crippen molar-refractivity contribution in [1.29, 1.82) is 0 Å². The summed E-state index contributed by atoms with van der Waals surface area (Å²) >= 11 is 6.00. The molecule has 0 bridgehead atoms. The zero-order valence-corrected chi connectivity index (χ0v) is 12.9. The first-order valence-corrected chi connectivity index (χ1v) is 7.51. The molecule has 1 saturated carbocycles. The van der Waals surface area contributed by atoms with Crippen LogP contribution in [0.15, 0.2) is 18.2 Å². The maximum atomic E-state index is 12.1. The second-order valence-electron chi connectivity index (χ2n) is 5.58. The second kappa shape index (κ2) is 5.61. The lowest BCUT2D eigenvalue weighted by atomic mass is 10.2. The fourth-order valence-electron chi connectivity index (χ4n) is 2.46. The Morgan fingerprint density at radius 3 is 2.77 bits per heavy atom. The van der Waals surface area contributed by atoms with E-state index in [1.54, 1.807) is 30.0 Å². The fraction of sp³-hybridized carbons (Fsp3) is 0.400. The number of hydrogen-bond acceptors (Lipinski definition) is 3. The molecular formula is C15H16ClN3O3. The Balaban J connectivity index is 1.65. The van der Waals surface area contributed by atoms with E-state index in [2.05, 4.69) is 5.32 Å². The lowest BCUT2D eigenvalue weighted by molar-refractivity contribution is -0.129. The van der Waals surface area contributed by atoms with Gasteiger partial charge in [0.15, 0.2) is 0 Å². The molecule has 1 aromatic carbocycles. The monoisotopic (exact) mass is 321 g/mol. The largest absolute Gasteiger partial charge is 0.327 e. The molecule has 1 saturated heterocycles. The van der Waals surface area contributed by atoms with Crippen molar-refractivity contribution < 1.29 is 14.4 Å². The second-order valence-corrected chi connectivity index (χ2v) is 5.99. The zero-order valence-electron chi connectivity index (χ0n) is 12.1. The molecular weight excluding hydrogens is 306 g/mol. The van der Waals surface area contributed by atoms with Crippen LogP contribution in [0.3, 0.4) is 0 Å². The highest BCUT2D eigenvalue weighted by Gasteiger charge is 2.44. The van der Waals surface area contributed by atoms with Crippen LogP contribution in [0.4, 0.5) is 10.5 Å². The maximum absolute atomic E-state index is 12.1. The molecule has 116 valence electrons. The molecule has 0 unspecified atom stereocenters. The Hall–Kier alpha value is -2.08. The molecule has 1 heterocycles. The average molecular weight is 322 g/mol. The van der Waals surface area contributed by atoms with E-state index in [1.165, 1.54) is 0 Å². The van der Waals surface area contributed by atoms with Crippen LogP contribution in [0, 0.1) is 6.92 Å². The summed E-state index contributed by atoms with van der Waals surface area (Å²) in [7, 11) is 0. The minimum Gasteiger partial charge on any atom is -0.324 e. The summed E-state index contributed by atoms with van der Waals surface area (Å²) in [5.74, 6) is -0.737. The number of nitrogens with zero attached hydrogens (tertiary/aromatic N) is 2. The van der Waals surface area contributed by atoms with E-state index in [0.29, 0.717) is 10.7 Å². The molecule has 0 aromatic heterocycles. The van der Waals surface area contributed by atoms with Crippen molar-refractivity contribution in [3.63, 3.8) is 0 Å². The smallest absolute Gasteiger partial charge is 0.324 e. The van der Waals surface area contributed by atoms with Gasteiger partial charge in [0, 0.05) is 16.8 Å². The van der Waals surface area contributed by atoms with Crippen LogP contribution in [0.2, 0.25) is 5.02 Å². The van der Waals surface area contributed by atoms with E-state index in [4.69, 9.17) is 11.6 Å². The van der Waals surface area contributed by atoms with Crippen LogP contribution in [-0.2, 0) is 9.59 Å². The summed E-state index contributed by atoms with van der Waals surface area (Å²) in [6, 6.07) is 4.98. The minimum absolute atomic E-state index is 0.0764. The average Bonchev–Trinajstić information content (AvgIpc) is 3.27. The number of carbonyl (C=O) groups is 3. The lowest BCUT2D eigenvalue weighted by Gasteiger charge is -2.16. The van der Waals surface area contributed by atoms with Crippen LogP contribution in [-0.4, -0.2) is 46.8 Å². The Morgan fingerprint density at radius 1 is 1.36 bits per heavy atom. The third-order valence-electron chi connectivity index (χ3n) is 3.91. The van der Waals surface area contributed by atoms with E-state index in [1.807, 2.05) is 0 Å². The van der Waals surface area contributed by atoms with Gasteiger partial charge in [0.1, 0.15) is 13.1 Å². The molecule has 0 radical (unpaired) electrons. The minimum atomic E-state index is -0.412. The first-order valence-electron chi connectivity index (χ1n) is 7.13. The van der Waals surface area contributed by atoms with Gasteiger partial charge in [-0.15, -0.1) is 0 Å². The number of nitrogens with one attached hydrogen (secondary N) is 1. The van der Waals surface area contributed by atoms with Gasteiger partial charge in [0.2, 0.25) is 5.91 Å². The summed E-state index contributed by atoms with van der Waals surface area (Å²) in [5.41, 5.74) is 1.33. The lowest BCUT2D eigenvalue weighted by Crippen LogP contribution is -2.39. The Morgan fingerprint density at radius 2 is 2.09 bits per heavy atom. The third-order valence-corrected chi connectivity index (χ3v) is 4.32. The highest BCUT2D eigenvalue weighted by atomic mass is 35.5. The Kier molecular flexibility index (Phi) is 3.78. The van der Waals surface area contributed by atoms with Gasteiger partial charge in [-0.05, 0) is 37.5 Å². The number of imide groups is 1. The predicted molar refractivity (Wildman–Crippen MR) is 81.7 cm³/mol. The summed E-state index contributed by atoms with van der Waals surface area (Å²) < 4.78 is 0. The summed E-state index contributed by atoms with van der Waals surface area (Å²) in [5, 5.41) is 3.24. The van der Waals surface area contributed by atoms with Gasteiger partial charge in [-0.3, -0.25) is 14.5 Å². The van der Waals surface area contributed by atoms with Crippen molar-refractivity contribution in [2.45, 2.75) is 25.8 Å². The molecule has 1 aromatic rings. The number of rotatable bonds is 4. The van der Waals surface area contributed by atoms with Crippen molar-refractivity contribution in [2.24, 2.45) is 0 Å². The van der Waals surface area contributed by atoms with Gasteiger partial charge < -0.3 is 10.2 Å². The van der Waals surface area contributed by atoms with E-state index < -0.39 is 5.91 Å². The van der Waals surface area contributed by atoms with Crippen LogP contribution >= 0.6 is 11.6 Å². The quantitative estimate of drug-likeness (QED) is 0.862. The molecule has 6 nitrogen and oxygen atoms in total. The highest BCUT2D eigenvalue weighted by Crippen LogP contribution is 2.30. The molecule has 3 rings (SSSR count). The van der Waals surface area contributed by atoms with Crippen molar-refractivity contribution in [3.8, 4) is 0 Å². The van der Waals surface area contributed by atoms with Gasteiger partial charge in [-0.1, -0.05) is 17.7 Å². The van der Waals surface area contributed by atoms with E-state index >= 15 is 0 Å². The molecule has 1 aliphatic carbocycles. The topological polar surface area (TPSA) is 69.7 Å². The van der Waals surface area contributed by atoms with E-state index in [9.17, 15) is 14.4 Å². The van der Waals surface area contributed by atoms with Crippen LogP contribution < -0.4 is 5.32 Å². The molecule has 7 heteroatoms. The molecule has 1 N–H and O–H groups in total. The number of benzene rings is 1. The van der Waals surface area contributed by atoms with Crippen LogP contribution in [0.25, 0.3) is 0 Å². The number of anilines is 1. The predicted octanol–water partition coefficient (Wildman–Crippen LogP) is 2.01. The van der Waals surface area contributed by atoms with Crippen molar-refractivity contribution in [1.82, 2.24) is 9.80 Å². The highest BCUT2D eigenvalue weighted by molar-refractivity contribution is 6.31. The van der Waals surface area contributed by atoms with Crippen molar-refractivity contribution in [3.05, 3.63) is 28.8 Å². The van der Waals surface area contributed by atoms with Gasteiger partial charge in [0.05, 0.1) is 0 Å².